The predicted molar refractivity (Wildman–Crippen MR) is 49.3 cm³/mol. The van der Waals surface area contributed by atoms with Gasteiger partial charge in [-0.05, 0) is 24.1 Å². The second-order valence-corrected chi connectivity index (χ2v) is 3.10. The van der Waals surface area contributed by atoms with Crippen LogP contribution in [0.4, 0.5) is 13.2 Å². The third-order valence-electron chi connectivity index (χ3n) is 2.06. The summed E-state index contributed by atoms with van der Waals surface area (Å²) in [5.41, 5.74) is 3.93. The van der Waals surface area contributed by atoms with E-state index in [0.29, 0.717) is 12.0 Å². The first-order valence-electron chi connectivity index (χ1n) is 4.36. The number of alkyl halides is 3. The first-order chi connectivity index (χ1) is 6.86. The Morgan fingerprint density at radius 3 is 2.40 bits per heavy atom. The minimum absolute atomic E-state index is 0.474. The average molecular weight is 217 g/mol. The van der Waals surface area contributed by atoms with Gasteiger partial charge in [0.25, 0.3) is 0 Å². The summed E-state index contributed by atoms with van der Waals surface area (Å²) in [4.78, 5) is 10.8. The van der Waals surface area contributed by atoms with Crippen molar-refractivity contribution in [2.75, 3.05) is 0 Å². The number of primary amides is 1. The summed E-state index contributed by atoms with van der Waals surface area (Å²) in [7, 11) is 0. The van der Waals surface area contributed by atoms with Crippen LogP contribution in [0.1, 0.15) is 28.4 Å². The molecule has 1 amide bonds. The highest BCUT2D eigenvalue weighted by Crippen LogP contribution is 2.32. The summed E-state index contributed by atoms with van der Waals surface area (Å²) in [5, 5.41) is 0. The molecule has 0 bridgehead atoms. The number of aryl methyl sites for hydroxylation is 1. The molecule has 82 valence electrons. The van der Waals surface area contributed by atoms with Crippen molar-refractivity contribution < 1.29 is 18.0 Å². The number of nitrogens with two attached hydrogens (primary N) is 1. The zero-order valence-electron chi connectivity index (χ0n) is 8.06. The summed E-state index contributed by atoms with van der Waals surface area (Å²) < 4.78 is 37.6. The number of rotatable bonds is 2. The number of hydrogen-bond acceptors (Lipinski definition) is 1. The first kappa shape index (κ1) is 11.6. The highest BCUT2D eigenvalue weighted by Gasteiger charge is 2.34. The molecular formula is C10H10F3NO. The van der Waals surface area contributed by atoms with Crippen molar-refractivity contribution >= 4 is 5.91 Å². The van der Waals surface area contributed by atoms with Gasteiger partial charge in [-0.2, -0.15) is 13.2 Å². The number of benzene rings is 1. The van der Waals surface area contributed by atoms with E-state index in [9.17, 15) is 18.0 Å². The monoisotopic (exact) mass is 217 g/mol. The molecule has 0 fully saturated rings. The minimum Gasteiger partial charge on any atom is -0.366 e. The fraction of sp³-hybridized carbons (Fsp3) is 0.300. The Labute approximate surface area is 84.9 Å². The van der Waals surface area contributed by atoms with Gasteiger partial charge in [0.15, 0.2) is 0 Å². The highest BCUT2D eigenvalue weighted by molar-refractivity contribution is 5.94. The lowest BCUT2D eigenvalue weighted by Gasteiger charge is -2.11. The Bertz CT molecular complexity index is 385. The van der Waals surface area contributed by atoms with E-state index < -0.39 is 23.2 Å². The highest BCUT2D eigenvalue weighted by atomic mass is 19.4. The lowest BCUT2D eigenvalue weighted by molar-refractivity contribution is -0.138. The normalized spacial score (nSPS) is 11.5. The Morgan fingerprint density at radius 1 is 1.40 bits per heavy atom. The summed E-state index contributed by atoms with van der Waals surface area (Å²) in [6.07, 6.45) is -4.07. The molecule has 0 unspecified atom stereocenters. The number of amides is 1. The van der Waals surface area contributed by atoms with Crippen LogP contribution in [0.15, 0.2) is 18.2 Å². The van der Waals surface area contributed by atoms with Crippen LogP contribution < -0.4 is 5.73 Å². The molecule has 0 saturated heterocycles. The van der Waals surface area contributed by atoms with Crippen molar-refractivity contribution in [2.24, 2.45) is 5.73 Å². The fourth-order valence-electron chi connectivity index (χ4n) is 1.26. The second kappa shape index (κ2) is 3.92. The molecule has 1 rings (SSSR count). The Morgan fingerprint density at radius 2 is 2.00 bits per heavy atom. The predicted octanol–water partition coefficient (Wildman–Crippen LogP) is 2.37. The molecule has 2 N–H and O–H groups in total. The molecule has 0 radical (unpaired) electrons. The number of hydrogen-bond donors (Lipinski definition) is 1. The SMILES string of the molecule is CCc1ccc(C(N)=O)c(C(F)(F)F)c1. The maximum Gasteiger partial charge on any atom is 0.417 e. The third-order valence-corrected chi connectivity index (χ3v) is 2.06. The van der Waals surface area contributed by atoms with Crippen LogP contribution in [0.5, 0.6) is 0 Å². The van der Waals surface area contributed by atoms with Gasteiger partial charge in [0, 0.05) is 0 Å². The van der Waals surface area contributed by atoms with Crippen LogP contribution >= 0.6 is 0 Å². The topological polar surface area (TPSA) is 43.1 Å². The summed E-state index contributed by atoms with van der Waals surface area (Å²) in [5.74, 6) is -1.06. The van der Waals surface area contributed by atoms with E-state index >= 15 is 0 Å². The molecule has 0 saturated carbocycles. The van der Waals surface area contributed by atoms with Crippen LogP contribution in [0.2, 0.25) is 0 Å². The van der Waals surface area contributed by atoms with E-state index in [4.69, 9.17) is 5.73 Å². The van der Waals surface area contributed by atoms with Crippen LogP contribution in [0.3, 0.4) is 0 Å². The molecular weight excluding hydrogens is 207 g/mol. The van der Waals surface area contributed by atoms with Crippen molar-refractivity contribution in [3.8, 4) is 0 Å². The van der Waals surface area contributed by atoms with Crippen LogP contribution in [-0.2, 0) is 12.6 Å². The van der Waals surface area contributed by atoms with Gasteiger partial charge in [-0.25, -0.2) is 0 Å². The number of carbonyl (C=O) groups is 1. The largest absolute Gasteiger partial charge is 0.417 e. The van der Waals surface area contributed by atoms with Crippen molar-refractivity contribution in [3.05, 3.63) is 34.9 Å². The number of carbonyl (C=O) groups excluding carboxylic acids is 1. The average Bonchev–Trinajstić information content (AvgIpc) is 2.15. The molecule has 0 spiro atoms. The Kier molecular flexibility index (Phi) is 3.02. The molecule has 0 heterocycles. The molecule has 2 nitrogen and oxygen atoms in total. The molecule has 5 heteroatoms. The minimum atomic E-state index is -4.55. The third kappa shape index (κ3) is 2.49. The first-order valence-corrected chi connectivity index (χ1v) is 4.36. The lowest BCUT2D eigenvalue weighted by atomic mass is 10.0. The van der Waals surface area contributed by atoms with E-state index in [2.05, 4.69) is 0 Å². The summed E-state index contributed by atoms with van der Waals surface area (Å²) in [6, 6.07) is 3.54. The van der Waals surface area contributed by atoms with E-state index in [0.717, 1.165) is 12.1 Å². The van der Waals surface area contributed by atoms with E-state index in [1.54, 1.807) is 6.92 Å². The molecule has 0 aliphatic rings. The van der Waals surface area contributed by atoms with E-state index in [1.807, 2.05) is 0 Å². The summed E-state index contributed by atoms with van der Waals surface area (Å²) >= 11 is 0. The van der Waals surface area contributed by atoms with Crippen LogP contribution in [-0.4, -0.2) is 5.91 Å². The van der Waals surface area contributed by atoms with E-state index in [1.165, 1.54) is 6.07 Å². The van der Waals surface area contributed by atoms with Gasteiger partial charge in [-0.1, -0.05) is 13.0 Å². The fourth-order valence-corrected chi connectivity index (χ4v) is 1.26. The molecule has 0 atom stereocenters. The molecule has 0 aliphatic heterocycles. The Balaban J connectivity index is 3.36. The van der Waals surface area contributed by atoms with Gasteiger partial charge >= 0.3 is 6.18 Å². The molecule has 0 aromatic heterocycles. The number of halogens is 3. The van der Waals surface area contributed by atoms with Gasteiger partial charge in [0.1, 0.15) is 0 Å². The lowest BCUT2D eigenvalue weighted by Crippen LogP contribution is -2.19. The quantitative estimate of drug-likeness (QED) is 0.811. The zero-order valence-corrected chi connectivity index (χ0v) is 8.06. The Hall–Kier alpha value is -1.52. The standard InChI is InChI=1S/C10H10F3NO/c1-2-6-3-4-7(9(14)15)8(5-6)10(11,12)13/h3-5H,2H2,1H3,(H2,14,15). The molecule has 1 aromatic carbocycles. The smallest absolute Gasteiger partial charge is 0.366 e. The van der Waals surface area contributed by atoms with E-state index in [-0.39, 0.29) is 0 Å². The molecule has 1 aromatic rings. The molecule has 0 aliphatic carbocycles. The second-order valence-electron chi connectivity index (χ2n) is 3.10. The van der Waals surface area contributed by atoms with Crippen molar-refractivity contribution in [1.29, 1.82) is 0 Å². The van der Waals surface area contributed by atoms with Gasteiger partial charge in [-0.15, -0.1) is 0 Å². The van der Waals surface area contributed by atoms with Gasteiger partial charge in [0.05, 0.1) is 11.1 Å². The summed E-state index contributed by atoms with van der Waals surface area (Å²) in [6.45, 7) is 1.74. The maximum atomic E-state index is 12.5. The van der Waals surface area contributed by atoms with Crippen molar-refractivity contribution in [2.45, 2.75) is 19.5 Å². The van der Waals surface area contributed by atoms with Crippen LogP contribution in [0, 0.1) is 0 Å². The van der Waals surface area contributed by atoms with Crippen molar-refractivity contribution in [3.63, 3.8) is 0 Å². The molecule has 15 heavy (non-hydrogen) atoms. The van der Waals surface area contributed by atoms with Gasteiger partial charge < -0.3 is 5.73 Å². The van der Waals surface area contributed by atoms with Gasteiger partial charge in [-0.3, -0.25) is 4.79 Å². The maximum absolute atomic E-state index is 12.5. The van der Waals surface area contributed by atoms with Crippen molar-refractivity contribution in [1.82, 2.24) is 0 Å². The van der Waals surface area contributed by atoms with Crippen LogP contribution in [0.25, 0.3) is 0 Å². The van der Waals surface area contributed by atoms with Gasteiger partial charge in [0.2, 0.25) is 5.91 Å². The zero-order chi connectivity index (χ0) is 11.6.